The monoisotopic (exact) mass is 567 g/mol. The van der Waals surface area contributed by atoms with Crippen LogP contribution in [0.1, 0.15) is 46.2 Å². The first-order chi connectivity index (χ1) is 18.7. The highest BCUT2D eigenvalue weighted by Crippen LogP contribution is 2.36. The van der Waals surface area contributed by atoms with E-state index in [2.05, 4.69) is 47.9 Å². The van der Waals surface area contributed by atoms with Gasteiger partial charge in [-0.25, -0.2) is 17.8 Å². The molecule has 2 aromatic carbocycles. The van der Waals surface area contributed by atoms with Crippen molar-refractivity contribution < 1.29 is 22.3 Å². The van der Waals surface area contributed by atoms with Crippen molar-refractivity contribution in [3.05, 3.63) is 60.0 Å². The highest BCUT2D eigenvalue weighted by Gasteiger charge is 2.39. The second-order valence-corrected chi connectivity index (χ2v) is 13.2. The molecule has 1 fully saturated rings. The third-order valence-corrected chi connectivity index (χ3v) is 8.37. The van der Waals surface area contributed by atoms with Gasteiger partial charge in [0.15, 0.2) is 0 Å². The van der Waals surface area contributed by atoms with Crippen LogP contribution in [-0.4, -0.2) is 47.9 Å². The van der Waals surface area contributed by atoms with Gasteiger partial charge in [0.1, 0.15) is 22.6 Å². The minimum atomic E-state index is -4.18. The predicted molar refractivity (Wildman–Crippen MR) is 153 cm³/mol. The highest BCUT2D eigenvalue weighted by molar-refractivity contribution is 7.92. The lowest BCUT2D eigenvalue weighted by Crippen LogP contribution is -2.60. The molecule has 11 heteroatoms. The summed E-state index contributed by atoms with van der Waals surface area (Å²) in [5.41, 5.74) is 3.06. The van der Waals surface area contributed by atoms with Crippen molar-refractivity contribution in [3.8, 4) is 22.9 Å². The number of aromatic amines is 1. The van der Waals surface area contributed by atoms with Gasteiger partial charge in [0.2, 0.25) is 5.88 Å². The van der Waals surface area contributed by atoms with Crippen molar-refractivity contribution in [2.75, 3.05) is 11.8 Å². The van der Waals surface area contributed by atoms with E-state index in [9.17, 15) is 12.8 Å². The molecule has 9 nitrogen and oxygen atoms in total. The van der Waals surface area contributed by atoms with Crippen molar-refractivity contribution in [1.29, 1.82) is 0 Å². The van der Waals surface area contributed by atoms with Crippen LogP contribution in [0.5, 0.6) is 11.6 Å². The van der Waals surface area contributed by atoms with Gasteiger partial charge in [-0.05, 0) is 65.0 Å². The van der Waals surface area contributed by atoms with Crippen LogP contribution in [0.3, 0.4) is 0 Å². The van der Waals surface area contributed by atoms with E-state index in [1.807, 2.05) is 13.0 Å². The smallest absolute Gasteiger partial charge is 0.264 e. The number of rotatable bonds is 7. The number of nitrogens with zero attached hydrogens (tertiary/aromatic N) is 2. The predicted octanol–water partition coefficient (Wildman–Crippen LogP) is 5.57. The van der Waals surface area contributed by atoms with Gasteiger partial charge in [0.05, 0.1) is 23.7 Å². The number of sulfonamides is 1. The summed E-state index contributed by atoms with van der Waals surface area (Å²) in [4.78, 5) is 4.37. The molecule has 0 unspecified atom stereocenters. The number of nitrogens with one attached hydrogen (secondary N) is 3. The molecule has 0 atom stereocenters. The number of anilines is 1. The van der Waals surface area contributed by atoms with Gasteiger partial charge < -0.3 is 14.8 Å². The van der Waals surface area contributed by atoms with Crippen molar-refractivity contribution in [2.45, 2.75) is 69.5 Å². The fourth-order valence-corrected chi connectivity index (χ4v) is 6.74. The maximum atomic E-state index is 14.3. The first-order valence-corrected chi connectivity index (χ1v) is 14.5. The maximum absolute atomic E-state index is 14.3. The molecule has 0 saturated carbocycles. The summed E-state index contributed by atoms with van der Waals surface area (Å²) in [5.74, 6) is -0.123. The molecule has 0 aliphatic carbocycles. The molecule has 1 aliphatic heterocycles. The largest absolute Gasteiger partial charge is 0.497 e. The first kappa shape index (κ1) is 27.9. The zero-order valence-corrected chi connectivity index (χ0v) is 24.2. The van der Waals surface area contributed by atoms with Gasteiger partial charge in [-0.1, -0.05) is 12.1 Å². The van der Waals surface area contributed by atoms with E-state index >= 15 is 0 Å². The Labute approximate surface area is 233 Å². The van der Waals surface area contributed by atoms with Crippen LogP contribution < -0.4 is 19.5 Å². The summed E-state index contributed by atoms with van der Waals surface area (Å²) < 4.78 is 54.1. The average Bonchev–Trinajstić information content (AvgIpc) is 3.23. The number of hydrogen-bond donors (Lipinski definition) is 3. The Morgan fingerprint density at radius 2 is 1.70 bits per heavy atom. The number of H-pyrrole nitrogens is 1. The molecule has 2 aromatic heterocycles. The number of hydrogen-bond acceptors (Lipinski definition) is 7. The summed E-state index contributed by atoms with van der Waals surface area (Å²) in [5, 5.41) is 12.0. The summed E-state index contributed by atoms with van der Waals surface area (Å²) in [6, 6.07) is 12.1. The highest BCUT2D eigenvalue weighted by atomic mass is 32.2. The maximum Gasteiger partial charge on any atom is 0.264 e. The Bertz CT molecular complexity index is 1650. The van der Waals surface area contributed by atoms with Crippen molar-refractivity contribution in [1.82, 2.24) is 20.5 Å². The molecule has 1 aliphatic rings. The van der Waals surface area contributed by atoms with E-state index in [-0.39, 0.29) is 28.6 Å². The van der Waals surface area contributed by atoms with Crippen LogP contribution >= 0.6 is 0 Å². The zero-order valence-electron chi connectivity index (χ0n) is 23.4. The number of aromatic nitrogens is 3. The van der Waals surface area contributed by atoms with Crippen LogP contribution in [0.2, 0.25) is 0 Å². The number of aryl methyl sites for hydroxylation is 1. The van der Waals surface area contributed by atoms with E-state index in [0.29, 0.717) is 11.6 Å². The van der Waals surface area contributed by atoms with E-state index in [1.54, 1.807) is 24.3 Å². The summed E-state index contributed by atoms with van der Waals surface area (Å²) in [7, 11) is -2.80. The van der Waals surface area contributed by atoms with Crippen LogP contribution in [0.15, 0.2) is 53.4 Å². The molecule has 0 bridgehead atoms. The molecule has 40 heavy (non-hydrogen) atoms. The second-order valence-electron chi connectivity index (χ2n) is 11.6. The van der Waals surface area contributed by atoms with Crippen LogP contribution in [0.4, 0.5) is 10.1 Å². The number of piperidine rings is 1. The quantitative estimate of drug-likeness (QED) is 0.267. The third-order valence-electron chi connectivity index (χ3n) is 6.98. The van der Waals surface area contributed by atoms with E-state index in [4.69, 9.17) is 14.5 Å². The molecule has 5 rings (SSSR count). The average molecular weight is 568 g/mol. The van der Waals surface area contributed by atoms with Gasteiger partial charge in [0, 0.05) is 46.9 Å². The number of benzene rings is 2. The van der Waals surface area contributed by atoms with E-state index < -0.39 is 20.7 Å². The lowest BCUT2D eigenvalue weighted by atomic mass is 9.81. The van der Waals surface area contributed by atoms with Gasteiger partial charge in [-0.15, -0.1) is 0 Å². The van der Waals surface area contributed by atoms with Gasteiger partial charge in [0.25, 0.3) is 10.0 Å². The van der Waals surface area contributed by atoms with Crippen LogP contribution in [-0.2, 0) is 10.0 Å². The zero-order chi connectivity index (χ0) is 28.9. The van der Waals surface area contributed by atoms with E-state index in [0.717, 1.165) is 47.1 Å². The molecule has 212 valence electrons. The molecular formula is C29H34FN5O4S. The molecule has 3 heterocycles. The molecule has 4 aromatic rings. The summed E-state index contributed by atoms with van der Waals surface area (Å²) in [6.45, 7) is 10.6. The lowest BCUT2D eigenvalue weighted by molar-refractivity contribution is 0.0541. The fourth-order valence-electron chi connectivity index (χ4n) is 5.59. The minimum Gasteiger partial charge on any atom is -0.497 e. The fraction of sp³-hybridized carbons (Fsp3) is 0.379. The van der Waals surface area contributed by atoms with Crippen LogP contribution in [0.25, 0.3) is 22.2 Å². The number of pyridine rings is 1. The number of ether oxygens (including phenoxy) is 2. The van der Waals surface area contributed by atoms with Gasteiger partial charge in [-0.2, -0.15) is 5.10 Å². The Balaban J connectivity index is 1.43. The number of halogens is 1. The lowest BCUT2D eigenvalue weighted by Gasteiger charge is -2.46. The Morgan fingerprint density at radius 3 is 2.35 bits per heavy atom. The number of methoxy groups -OCH3 is 1. The van der Waals surface area contributed by atoms with Crippen molar-refractivity contribution in [2.24, 2.45) is 0 Å². The first-order valence-electron chi connectivity index (χ1n) is 13.0. The standard InChI is InChI=1S/C29H34FN5O4S/c1-17-26-24(33-32-17)14-23(31-27(26)39-21-15-28(2,3)35-29(4,5)16-21)18-7-9-19(10-8-18)34-40(36,37)25-13-20(38-6)11-12-22(25)30/h7-14,21,34-35H,15-16H2,1-6H3,(H,32,33). The minimum absolute atomic E-state index is 0.0414. The summed E-state index contributed by atoms with van der Waals surface area (Å²) in [6.07, 6.45) is 1.60. The van der Waals surface area contributed by atoms with E-state index in [1.165, 1.54) is 13.2 Å². The van der Waals surface area contributed by atoms with Crippen LogP contribution in [0, 0.1) is 12.7 Å². The molecule has 3 N–H and O–H groups in total. The molecule has 0 spiro atoms. The van der Waals surface area contributed by atoms with Gasteiger partial charge in [-0.3, -0.25) is 9.82 Å². The molecular weight excluding hydrogens is 533 g/mol. The second kappa shape index (κ2) is 10.0. The molecule has 0 amide bonds. The topological polar surface area (TPSA) is 118 Å². The number of fused-ring (bicyclic) bond motifs is 1. The van der Waals surface area contributed by atoms with Crippen molar-refractivity contribution in [3.63, 3.8) is 0 Å². The third kappa shape index (κ3) is 5.75. The Hall–Kier alpha value is -3.70. The molecule has 0 radical (unpaired) electrons. The SMILES string of the molecule is COc1ccc(F)c(S(=O)(=O)Nc2ccc(-c3cc4n[nH]c(C)c4c(OC4CC(C)(C)NC(C)(C)C4)n3)cc2)c1. The molecule has 1 saturated heterocycles. The Morgan fingerprint density at radius 1 is 1.02 bits per heavy atom. The Kier molecular flexibility index (Phi) is 6.99. The van der Waals surface area contributed by atoms with Crippen molar-refractivity contribution >= 4 is 26.6 Å². The normalized spacial score (nSPS) is 17.1. The van der Waals surface area contributed by atoms with Gasteiger partial charge >= 0.3 is 0 Å². The summed E-state index contributed by atoms with van der Waals surface area (Å²) >= 11 is 0.